The van der Waals surface area contributed by atoms with Gasteiger partial charge in [0.15, 0.2) is 0 Å². The minimum Gasteiger partial charge on any atom is -0.489 e. The van der Waals surface area contributed by atoms with Gasteiger partial charge in [-0.3, -0.25) is 9.59 Å². The average Bonchev–Trinajstić information content (AvgIpc) is 3.31. The van der Waals surface area contributed by atoms with Gasteiger partial charge in [0.25, 0.3) is 0 Å². The Hall–Kier alpha value is -4.45. The van der Waals surface area contributed by atoms with Gasteiger partial charge in [0.05, 0.1) is 5.92 Å². The molecule has 188 valence electrons. The number of carbonyl (C=O) groups is 2. The average molecular weight is 495 g/mol. The summed E-state index contributed by atoms with van der Waals surface area (Å²) >= 11 is 0. The lowest BCUT2D eigenvalue weighted by atomic mass is 10.0. The maximum absolute atomic E-state index is 11.2. The zero-order chi connectivity index (χ0) is 26.2. The Morgan fingerprint density at radius 1 is 0.946 bits per heavy atom. The lowest BCUT2D eigenvalue weighted by molar-refractivity contribution is -0.141. The van der Waals surface area contributed by atoms with Crippen LogP contribution < -0.4 is 4.74 Å². The lowest BCUT2D eigenvalue weighted by Gasteiger charge is -2.08. The molecule has 1 atom stereocenters. The van der Waals surface area contributed by atoms with Gasteiger partial charge < -0.3 is 14.8 Å². The molecular weight excluding hydrogens is 464 g/mol. The van der Waals surface area contributed by atoms with Gasteiger partial charge >= 0.3 is 5.97 Å². The number of ketones is 1. The van der Waals surface area contributed by atoms with Crippen molar-refractivity contribution in [2.45, 2.75) is 33.3 Å². The maximum Gasteiger partial charge on any atom is 0.306 e. The molecule has 0 bridgehead atoms. The number of benzene rings is 3. The summed E-state index contributed by atoms with van der Waals surface area (Å²) in [5, 5.41) is 12.1. The van der Waals surface area contributed by atoms with E-state index in [4.69, 9.17) is 9.84 Å². The van der Waals surface area contributed by atoms with Crippen LogP contribution in [-0.2, 0) is 29.0 Å². The quantitative estimate of drug-likeness (QED) is 0.261. The van der Waals surface area contributed by atoms with E-state index >= 15 is 0 Å². The Bertz CT molecular complexity index is 1510. The first kappa shape index (κ1) is 25.6. The van der Waals surface area contributed by atoms with Gasteiger partial charge in [-0.2, -0.15) is 0 Å². The summed E-state index contributed by atoms with van der Waals surface area (Å²) < 4.78 is 5.84. The highest BCUT2D eigenvalue weighted by atomic mass is 16.5. The van der Waals surface area contributed by atoms with Crippen LogP contribution in [-0.4, -0.2) is 26.8 Å². The number of pyridine rings is 1. The number of fused-ring (bicyclic) bond motifs is 2. The molecule has 0 amide bonds. The number of carbonyl (C=O) groups excluding carboxylic acids is 1. The molecule has 2 N–H and O–H groups in total. The highest BCUT2D eigenvalue weighted by Gasteiger charge is 2.14. The summed E-state index contributed by atoms with van der Waals surface area (Å²) in [5.74, 6) is -0.102. The number of nitrogens with zero attached hydrogens (tertiary/aromatic N) is 1. The number of hydrogen-bond acceptors (Lipinski definition) is 4. The largest absolute Gasteiger partial charge is 0.489 e. The second-order valence-electron chi connectivity index (χ2n) is 9.15. The molecule has 5 rings (SSSR count). The predicted octanol–water partition coefficient (Wildman–Crippen LogP) is 6.38. The monoisotopic (exact) mass is 494 g/mol. The molecule has 0 saturated heterocycles. The van der Waals surface area contributed by atoms with Gasteiger partial charge in [0, 0.05) is 24.2 Å². The Morgan fingerprint density at radius 2 is 1.70 bits per heavy atom. The lowest BCUT2D eigenvalue weighted by Crippen LogP contribution is -2.11. The normalized spacial score (nSPS) is 11.5. The van der Waals surface area contributed by atoms with E-state index in [2.05, 4.69) is 28.2 Å². The van der Waals surface area contributed by atoms with E-state index in [0.29, 0.717) is 19.4 Å². The summed E-state index contributed by atoms with van der Waals surface area (Å²) in [7, 11) is 0. The van der Waals surface area contributed by atoms with Crippen LogP contribution in [0.5, 0.6) is 5.75 Å². The highest BCUT2D eigenvalue weighted by Crippen LogP contribution is 2.23. The molecule has 0 aliphatic rings. The third-order valence-corrected chi connectivity index (χ3v) is 6.06. The molecule has 0 aliphatic heterocycles. The van der Waals surface area contributed by atoms with Gasteiger partial charge in [0.1, 0.15) is 23.8 Å². The van der Waals surface area contributed by atoms with E-state index in [9.17, 15) is 9.59 Å². The second-order valence-corrected chi connectivity index (χ2v) is 9.15. The first-order chi connectivity index (χ1) is 17.9. The van der Waals surface area contributed by atoms with Crippen molar-refractivity contribution in [3.8, 4) is 5.75 Å². The zero-order valence-electron chi connectivity index (χ0n) is 21.0. The number of ether oxygens (including phenoxy) is 1. The number of nitrogens with one attached hydrogen (secondary N) is 1. The van der Waals surface area contributed by atoms with Crippen molar-refractivity contribution < 1.29 is 19.4 Å². The van der Waals surface area contributed by atoms with E-state index < -0.39 is 5.97 Å². The van der Waals surface area contributed by atoms with Crippen LogP contribution in [0.15, 0.2) is 91.3 Å². The Morgan fingerprint density at radius 3 is 2.46 bits per heavy atom. The van der Waals surface area contributed by atoms with Crippen LogP contribution in [0, 0.1) is 5.92 Å². The van der Waals surface area contributed by atoms with Crippen LogP contribution >= 0.6 is 0 Å². The van der Waals surface area contributed by atoms with Crippen molar-refractivity contribution in [1.29, 1.82) is 0 Å². The van der Waals surface area contributed by atoms with Crippen LogP contribution in [0.25, 0.3) is 21.8 Å². The van der Waals surface area contributed by atoms with Crippen molar-refractivity contribution in [2.75, 3.05) is 0 Å². The molecule has 2 aromatic heterocycles. The zero-order valence-corrected chi connectivity index (χ0v) is 21.0. The third-order valence-electron chi connectivity index (χ3n) is 6.06. The summed E-state index contributed by atoms with van der Waals surface area (Å²) in [5.41, 5.74) is 4.02. The van der Waals surface area contributed by atoms with Crippen molar-refractivity contribution in [3.05, 3.63) is 108 Å². The Kier molecular flexibility index (Phi) is 8.31. The first-order valence-corrected chi connectivity index (χ1v) is 12.2. The van der Waals surface area contributed by atoms with E-state index in [1.165, 1.54) is 0 Å². The molecule has 0 radical (unpaired) electrons. The summed E-state index contributed by atoms with van der Waals surface area (Å²) in [6.07, 6.45) is 4.56. The van der Waals surface area contributed by atoms with Crippen LogP contribution in [0.2, 0.25) is 0 Å². The number of aromatic nitrogens is 2. The molecule has 6 heteroatoms. The van der Waals surface area contributed by atoms with E-state index in [1.54, 1.807) is 20.0 Å². The van der Waals surface area contributed by atoms with Crippen molar-refractivity contribution in [1.82, 2.24) is 9.97 Å². The van der Waals surface area contributed by atoms with Crippen LogP contribution in [0.3, 0.4) is 0 Å². The van der Waals surface area contributed by atoms with E-state index in [1.807, 2.05) is 66.9 Å². The second kappa shape index (κ2) is 12.0. The molecular formula is C31H30N2O4. The topological polar surface area (TPSA) is 92.3 Å². The molecule has 0 fully saturated rings. The van der Waals surface area contributed by atoms with Gasteiger partial charge in [-0.25, -0.2) is 4.98 Å². The van der Waals surface area contributed by atoms with E-state index in [-0.39, 0.29) is 11.7 Å². The number of aromatic amines is 1. The molecule has 0 spiro atoms. The summed E-state index contributed by atoms with van der Waals surface area (Å²) in [6, 6.07) is 26.1. The maximum atomic E-state index is 11.2. The molecule has 5 aromatic rings. The smallest absolute Gasteiger partial charge is 0.306 e. The summed E-state index contributed by atoms with van der Waals surface area (Å²) in [4.78, 5) is 29.1. The fraction of sp³-hybridized carbons (Fsp3) is 0.194. The van der Waals surface area contributed by atoms with Crippen LogP contribution in [0.1, 0.15) is 30.5 Å². The number of carboxylic acid groups (broad SMARTS) is 1. The number of rotatable bonds is 8. The molecule has 0 aliphatic carbocycles. The van der Waals surface area contributed by atoms with Crippen molar-refractivity contribution >= 4 is 33.6 Å². The first-order valence-electron chi connectivity index (χ1n) is 12.2. The van der Waals surface area contributed by atoms with E-state index in [0.717, 1.165) is 44.2 Å². The van der Waals surface area contributed by atoms with Gasteiger partial charge in [0.2, 0.25) is 0 Å². The predicted molar refractivity (Wildman–Crippen MR) is 146 cm³/mol. The highest BCUT2D eigenvalue weighted by molar-refractivity contribution is 5.86. The minimum atomic E-state index is -0.770. The number of carboxylic acids is 1. The minimum absolute atomic E-state index is 0.183. The molecule has 6 nitrogen and oxygen atoms in total. The van der Waals surface area contributed by atoms with Gasteiger partial charge in [-0.05, 0) is 65.1 Å². The van der Waals surface area contributed by atoms with Gasteiger partial charge in [-0.1, -0.05) is 61.5 Å². The summed E-state index contributed by atoms with van der Waals surface area (Å²) in [6.45, 7) is 3.89. The Labute approximate surface area is 215 Å². The number of Topliss-reactive ketones (excluding diaryl/α,β-unsaturated/α-hetero) is 1. The Balaban J connectivity index is 0.000000186. The standard InChI is InChI=1S/C20H18O2.C11H12N2O2/c1-15(21)11-17-7-8-19-13-20(10-9-18(19)12-17)22-14-16-5-3-2-4-6-16;1-7(11(14)15)5-8-6-13-10-9(8)3-2-4-12-10/h2-10,12-13H,11,14H2,1H3;2-4,6-7H,5H2,1H3,(H,12,13)(H,14,15). The fourth-order valence-electron chi connectivity index (χ4n) is 4.10. The SMILES string of the molecule is CC(=O)Cc1ccc2cc(OCc3ccccc3)ccc2c1.CC(Cc1c[nH]c2ncccc12)C(=O)O. The third kappa shape index (κ3) is 7.04. The molecule has 1 unspecified atom stereocenters. The number of H-pyrrole nitrogens is 1. The van der Waals surface area contributed by atoms with Crippen LogP contribution in [0.4, 0.5) is 0 Å². The molecule has 3 aromatic carbocycles. The van der Waals surface area contributed by atoms with Crippen molar-refractivity contribution in [3.63, 3.8) is 0 Å². The number of hydrogen-bond donors (Lipinski definition) is 2. The molecule has 0 saturated carbocycles. The molecule has 2 heterocycles. The number of aliphatic carboxylic acids is 1. The fourth-order valence-corrected chi connectivity index (χ4v) is 4.10. The van der Waals surface area contributed by atoms with Gasteiger partial charge in [-0.15, -0.1) is 0 Å². The molecule has 37 heavy (non-hydrogen) atoms. The van der Waals surface area contributed by atoms with Crippen molar-refractivity contribution in [2.24, 2.45) is 5.92 Å².